The van der Waals surface area contributed by atoms with E-state index in [-0.39, 0.29) is 23.0 Å². The maximum atomic E-state index is 2.69. The van der Waals surface area contributed by atoms with Crippen molar-refractivity contribution in [1.29, 1.82) is 0 Å². The third-order valence-corrected chi connectivity index (χ3v) is 23.2. The Labute approximate surface area is 598 Å². The molecule has 2 aliphatic carbocycles. The first-order chi connectivity index (χ1) is 49.5. The smallest absolute Gasteiger partial charge is 0.252 e. The monoisotopic (exact) mass is 1310 g/mol. The van der Waals surface area contributed by atoms with E-state index in [1.54, 1.807) is 0 Å². The molecule has 4 nitrogen and oxygen atoms in total. The molecule has 102 heavy (non-hydrogen) atoms. The minimum Gasteiger partial charge on any atom is -0.311 e. The van der Waals surface area contributed by atoms with Gasteiger partial charge in [-0.05, 0) is 196 Å². The second-order valence-electron chi connectivity index (χ2n) is 32.0. The van der Waals surface area contributed by atoms with E-state index in [1.807, 2.05) is 0 Å². The van der Waals surface area contributed by atoms with Crippen LogP contribution < -0.4 is 26.2 Å². The molecule has 0 unspecified atom stereocenters. The highest BCUT2D eigenvalue weighted by molar-refractivity contribution is 7.00. The summed E-state index contributed by atoms with van der Waals surface area (Å²) >= 11 is 0. The number of nitrogens with zero attached hydrogens (tertiary/aromatic N) is 4. The molecule has 2 aromatic heterocycles. The van der Waals surface area contributed by atoms with Gasteiger partial charge in [0.1, 0.15) is 0 Å². The fraction of sp³-hybridized carbons (Fsp3) is 0.134. The SMILES string of the molecule is CC(C)(C)c1ccc(N2c3cc(-n4c5ccccc5c5ccccc54)ccc3B3c4ccc(-n5c6ccccc6c6cc7c(cc65)C5(c6ccccc6-c6ccccc65)c5ccccc5-7)cc4N(c4ccc(C(C)(C)C)cc4-c4ccccc4)c4cc(C(C)(C)C)cc2c43)c(-c2ccccc2)c1. The van der Waals surface area contributed by atoms with Crippen LogP contribution in [-0.4, -0.2) is 15.8 Å². The number of anilines is 6. The summed E-state index contributed by atoms with van der Waals surface area (Å²) in [6.45, 7) is 21.0. The minimum atomic E-state index is -0.513. The normalized spacial score (nSPS) is 14.0. The van der Waals surface area contributed by atoms with Gasteiger partial charge in [-0.25, -0.2) is 0 Å². The average Bonchev–Trinajstić information content (AvgIpc) is 1.45. The Morgan fingerprint density at radius 1 is 0.255 bits per heavy atom. The Hall–Kier alpha value is -11.7. The van der Waals surface area contributed by atoms with E-state index in [0.29, 0.717) is 0 Å². The zero-order valence-electron chi connectivity index (χ0n) is 59.2. The molecule has 1 spiro atoms. The quantitative estimate of drug-likeness (QED) is 0.154. The molecule has 4 heterocycles. The van der Waals surface area contributed by atoms with E-state index < -0.39 is 5.41 Å². The van der Waals surface area contributed by atoms with Crippen LogP contribution in [0.3, 0.4) is 0 Å². The standard InChI is InChI=1S/C97H77BN4/c1-94(2,3)62-44-50-86(73(52-62)60-28-12-10-13-29-60)101-89-56-65(99-83-41-25-19-35-70(83)71-36-20-26-42-84(71)99)46-48-81(89)98-82-49-47-66(57-90(82)102(92-55-64(96(7,8)9)54-91(101)93(92)98)87-51-45-63(95(4,5)6)53-74(87)61-30-14-11-15-31-61)100-85-43-27-21-37-72(85)76-58-75-69-34-18-24-40-79(69)97(80(75)59-88(76)100)77-38-22-16-32-67(77)68-33-17-23-39-78(68)97/h10-59H,1-9H3. The Balaban J connectivity index is 0.908. The molecule has 20 rings (SSSR count). The molecule has 0 atom stereocenters. The molecule has 0 radical (unpaired) electrons. The maximum Gasteiger partial charge on any atom is 0.252 e. The molecular weight excluding hydrogens is 1230 g/mol. The second kappa shape index (κ2) is 21.7. The molecule has 5 heteroatoms. The van der Waals surface area contributed by atoms with Crippen molar-refractivity contribution in [1.82, 2.24) is 9.13 Å². The van der Waals surface area contributed by atoms with E-state index in [0.717, 1.165) is 34.1 Å². The van der Waals surface area contributed by atoms with Crippen LogP contribution in [0.15, 0.2) is 303 Å². The van der Waals surface area contributed by atoms with Crippen LogP contribution in [0.4, 0.5) is 34.1 Å². The molecule has 14 aromatic carbocycles. The van der Waals surface area contributed by atoms with Crippen LogP contribution in [-0.2, 0) is 21.7 Å². The number of aromatic nitrogens is 2. The summed E-state index contributed by atoms with van der Waals surface area (Å²) in [6, 6.07) is 117. The van der Waals surface area contributed by atoms with Crippen molar-refractivity contribution in [2.45, 2.75) is 84.0 Å². The highest BCUT2D eigenvalue weighted by Crippen LogP contribution is 2.64. The van der Waals surface area contributed by atoms with Gasteiger partial charge in [-0.2, -0.15) is 0 Å². The molecule has 0 saturated heterocycles. The number of hydrogen-bond acceptors (Lipinski definition) is 2. The van der Waals surface area contributed by atoms with E-state index in [4.69, 9.17) is 0 Å². The van der Waals surface area contributed by atoms with Gasteiger partial charge in [0.05, 0.1) is 38.9 Å². The number of benzene rings is 14. The first kappa shape index (κ1) is 60.3. The van der Waals surface area contributed by atoms with Crippen LogP contribution in [0, 0.1) is 0 Å². The molecule has 0 saturated carbocycles. The van der Waals surface area contributed by atoms with Gasteiger partial charge in [0, 0.05) is 66.8 Å². The lowest BCUT2D eigenvalue weighted by atomic mass is 9.33. The summed E-state index contributed by atoms with van der Waals surface area (Å²) in [4.78, 5) is 5.37. The minimum absolute atomic E-state index is 0.105. The molecule has 488 valence electrons. The molecule has 4 aliphatic rings. The first-order valence-electron chi connectivity index (χ1n) is 36.3. The number of rotatable bonds is 6. The maximum absolute atomic E-state index is 2.69. The number of para-hydroxylation sites is 3. The molecule has 0 N–H and O–H groups in total. The summed E-state index contributed by atoms with van der Waals surface area (Å²) in [5.74, 6) is 0. The lowest BCUT2D eigenvalue weighted by Crippen LogP contribution is -2.61. The Morgan fingerprint density at radius 3 is 1.08 bits per heavy atom. The van der Waals surface area contributed by atoms with Crippen LogP contribution in [0.25, 0.3) is 99.5 Å². The topological polar surface area (TPSA) is 16.3 Å². The predicted molar refractivity (Wildman–Crippen MR) is 432 cm³/mol. The zero-order valence-corrected chi connectivity index (χ0v) is 59.2. The number of hydrogen-bond donors (Lipinski definition) is 0. The van der Waals surface area contributed by atoms with Crippen molar-refractivity contribution in [2.75, 3.05) is 9.80 Å². The highest BCUT2D eigenvalue weighted by Gasteiger charge is 2.52. The molecule has 16 aromatic rings. The van der Waals surface area contributed by atoms with Crippen molar-refractivity contribution in [3.63, 3.8) is 0 Å². The van der Waals surface area contributed by atoms with E-state index >= 15 is 0 Å². The largest absolute Gasteiger partial charge is 0.311 e. The van der Waals surface area contributed by atoms with Crippen molar-refractivity contribution in [3.05, 3.63) is 342 Å². The first-order valence-corrected chi connectivity index (χ1v) is 36.3. The van der Waals surface area contributed by atoms with Crippen molar-refractivity contribution < 1.29 is 0 Å². The van der Waals surface area contributed by atoms with Gasteiger partial charge < -0.3 is 18.9 Å². The Bertz CT molecular complexity index is 6120. The molecule has 0 bridgehead atoms. The Kier molecular flexibility index (Phi) is 12.8. The summed E-state index contributed by atoms with van der Waals surface area (Å²) in [7, 11) is 0. The Morgan fingerprint density at radius 2 is 0.637 bits per heavy atom. The van der Waals surface area contributed by atoms with Crippen molar-refractivity contribution >= 4 is 101 Å². The third-order valence-electron chi connectivity index (χ3n) is 23.2. The molecule has 0 fully saturated rings. The van der Waals surface area contributed by atoms with Gasteiger partial charge >= 0.3 is 0 Å². The van der Waals surface area contributed by atoms with Crippen LogP contribution >= 0.6 is 0 Å². The van der Waals surface area contributed by atoms with Gasteiger partial charge in [0.25, 0.3) is 6.71 Å². The average molecular weight is 1310 g/mol. The molecule has 0 amide bonds. The van der Waals surface area contributed by atoms with Gasteiger partial charge in [-0.3, -0.25) is 0 Å². The predicted octanol–water partition coefficient (Wildman–Crippen LogP) is 23.5. The van der Waals surface area contributed by atoms with Crippen molar-refractivity contribution in [3.8, 4) is 55.9 Å². The fourth-order valence-electron chi connectivity index (χ4n) is 18.3. The lowest BCUT2D eigenvalue weighted by molar-refractivity contribution is 0.590. The van der Waals surface area contributed by atoms with Gasteiger partial charge in [-0.1, -0.05) is 275 Å². The van der Waals surface area contributed by atoms with Crippen LogP contribution in [0.1, 0.15) is 101 Å². The summed E-state index contributed by atoms with van der Waals surface area (Å²) in [5.41, 5.74) is 35.8. The highest BCUT2D eigenvalue weighted by atomic mass is 15.2. The lowest BCUT2D eigenvalue weighted by Gasteiger charge is -2.46. The summed E-state index contributed by atoms with van der Waals surface area (Å²) in [5, 5.41) is 4.95. The molecule has 2 aliphatic heterocycles. The summed E-state index contributed by atoms with van der Waals surface area (Å²) < 4.78 is 5.10. The number of fused-ring (bicyclic) bond motifs is 20. The zero-order chi connectivity index (χ0) is 68.9. The van der Waals surface area contributed by atoms with Crippen molar-refractivity contribution in [2.24, 2.45) is 0 Å². The fourth-order valence-corrected chi connectivity index (χ4v) is 18.3. The van der Waals surface area contributed by atoms with E-state index in [1.165, 1.54) is 155 Å². The van der Waals surface area contributed by atoms with E-state index in [9.17, 15) is 0 Å². The van der Waals surface area contributed by atoms with Gasteiger partial charge in [-0.15, -0.1) is 0 Å². The molecular formula is C97H77BN4. The van der Waals surface area contributed by atoms with Gasteiger partial charge in [0.2, 0.25) is 0 Å². The summed E-state index contributed by atoms with van der Waals surface area (Å²) in [6.07, 6.45) is 0. The van der Waals surface area contributed by atoms with Crippen LogP contribution in [0.2, 0.25) is 0 Å². The van der Waals surface area contributed by atoms with Crippen LogP contribution in [0.5, 0.6) is 0 Å². The van der Waals surface area contributed by atoms with E-state index in [2.05, 4.69) is 385 Å². The second-order valence-corrected chi connectivity index (χ2v) is 32.0. The van der Waals surface area contributed by atoms with Gasteiger partial charge in [0.15, 0.2) is 0 Å². The third kappa shape index (κ3) is 8.58.